The van der Waals surface area contributed by atoms with Crippen molar-refractivity contribution in [3.8, 4) is 0 Å². The van der Waals surface area contributed by atoms with Crippen molar-refractivity contribution in [2.75, 3.05) is 11.1 Å². The molecule has 0 aliphatic carbocycles. The number of thioether (sulfide) groups is 1. The largest absolute Gasteiger partial charge is 0.325 e. The Hall–Kier alpha value is -2.75. The lowest BCUT2D eigenvalue weighted by Gasteiger charge is -2.08. The van der Waals surface area contributed by atoms with E-state index in [9.17, 15) is 4.79 Å². The van der Waals surface area contributed by atoms with Crippen LogP contribution in [0.25, 0.3) is 4.96 Å². The molecule has 154 valence electrons. The van der Waals surface area contributed by atoms with E-state index in [2.05, 4.69) is 20.6 Å². The molecule has 1 amide bonds. The lowest BCUT2D eigenvalue weighted by molar-refractivity contribution is -0.113. The number of fused-ring (bicyclic) bond motifs is 1. The second-order valence-corrected chi connectivity index (χ2v) is 9.25. The summed E-state index contributed by atoms with van der Waals surface area (Å²) in [6.45, 7) is 4.01. The third kappa shape index (κ3) is 4.69. The second-order valence-electron chi connectivity index (χ2n) is 7.07. The van der Waals surface area contributed by atoms with Crippen molar-refractivity contribution >= 4 is 39.7 Å². The Balaban J connectivity index is 1.40. The fourth-order valence-corrected chi connectivity index (χ4v) is 4.81. The molecule has 0 saturated heterocycles. The molecule has 2 heterocycles. The first-order chi connectivity index (χ1) is 14.5. The summed E-state index contributed by atoms with van der Waals surface area (Å²) in [5.41, 5.74) is 10.5. The fraction of sp³-hybridized carbons (Fsp3) is 0.238. The van der Waals surface area contributed by atoms with Gasteiger partial charge in [0, 0.05) is 5.69 Å². The van der Waals surface area contributed by atoms with Gasteiger partial charge in [-0.1, -0.05) is 71.1 Å². The Bertz CT molecular complexity index is 1170. The van der Waals surface area contributed by atoms with E-state index >= 15 is 0 Å². The number of hydrogen-bond acceptors (Lipinski definition) is 7. The van der Waals surface area contributed by atoms with Crippen LogP contribution in [0.5, 0.6) is 0 Å². The Kier molecular flexibility index (Phi) is 6.12. The Morgan fingerprint density at radius 3 is 2.77 bits per heavy atom. The zero-order valence-electron chi connectivity index (χ0n) is 16.7. The number of aryl methyl sites for hydroxylation is 2. The Morgan fingerprint density at radius 1 is 1.20 bits per heavy atom. The summed E-state index contributed by atoms with van der Waals surface area (Å²) in [4.78, 5) is 13.0. The van der Waals surface area contributed by atoms with Crippen molar-refractivity contribution < 1.29 is 4.79 Å². The summed E-state index contributed by atoms with van der Waals surface area (Å²) in [5.74, 6) is 0.818. The van der Waals surface area contributed by atoms with Crippen LogP contribution in [-0.2, 0) is 11.2 Å². The molecule has 4 aromatic rings. The monoisotopic (exact) mass is 438 g/mol. The minimum absolute atomic E-state index is 0.0704. The van der Waals surface area contributed by atoms with E-state index in [1.54, 1.807) is 4.52 Å². The highest BCUT2D eigenvalue weighted by atomic mass is 32.2. The standard InChI is InChI=1S/C21H22N6OS2/c1-13-8-9-17(14(2)10-13)23-18(28)12-29-21-26-27-19(24-25-20(27)30-21)16(22)11-15-6-4-3-5-7-15/h3-10,16H,11-12,22H2,1-2H3,(H,23,28). The van der Waals surface area contributed by atoms with E-state index in [1.807, 2.05) is 62.4 Å². The normalized spacial score (nSPS) is 12.2. The molecule has 3 N–H and O–H groups in total. The van der Waals surface area contributed by atoms with Crippen LogP contribution in [0.2, 0.25) is 0 Å². The molecule has 0 bridgehead atoms. The van der Waals surface area contributed by atoms with E-state index in [4.69, 9.17) is 5.73 Å². The van der Waals surface area contributed by atoms with Crippen LogP contribution in [0.15, 0.2) is 52.9 Å². The van der Waals surface area contributed by atoms with Gasteiger partial charge in [-0.2, -0.15) is 4.52 Å². The quantitative estimate of drug-likeness (QED) is 0.426. The molecule has 2 aromatic carbocycles. The molecular formula is C21H22N6OS2. The molecule has 4 rings (SSSR count). The van der Waals surface area contributed by atoms with Crippen molar-refractivity contribution in [3.63, 3.8) is 0 Å². The number of amides is 1. The number of carbonyl (C=O) groups excluding carboxylic acids is 1. The molecule has 30 heavy (non-hydrogen) atoms. The average Bonchev–Trinajstić information content (AvgIpc) is 3.29. The SMILES string of the molecule is Cc1ccc(NC(=O)CSc2nn3c(C(N)Cc4ccccc4)nnc3s2)c(C)c1. The summed E-state index contributed by atoms with van der Waals surface area (Å²) >= 11 is 2.78. The van der Waals surface area contributed by atoms with Crippen molar-refractivity contribution in [2.45, 2.75) is 30.6 Å². The highest BCUT2D eigenvalue weighted by molar-refractivity contribution is 8.01. The van der Waals surface area contributed by atoms with Crippen LogP contribution in [0.3, 0.4) is 0 Å². The van der Waals surface area contributed by atoms with Crippen molar-refractivity contribution in [1.82, 2.24) is 19.8 Å². The van der Waals surface area contributed by atoms with Gasteiger partial charge in [-0.25, -0.2) is 0 Å². The lowest BCUT2D eigenvalue weighted by Crippen LogP contribution is -2.17. The fourth-order valence-electron chi connectivity index (χ4n) is 3.13. The maximum Gasteiger partial charge on any atom is 0.235 e. The topological polar surface area (TPSA) is 98.2 Å². The number of rotatable bonds is 7. The number of anilines is 1. The van der Waals surface area contributed by atoms with Gasteiger partial charge in [-0.3, -0.25) is 4.79 Å². The summed E-state index contributed by atoms with van der Waals surface area (Å²) in [6.07, 6.45) is 0.653. The van der Waals surface area contributed by atoms with Gasteiger partial charge in [0.2, 0.25) is 10.9 Å². The summed E-state index contributed by atoms with van der Waals surface area (Å²) in [6, 6.07) is 15.7. The molecule has 1 unspecified atom stereocenters. The van der Waals surface area contributed by atoms with Crippen LogP contribution >= 0.6 is 23.1 Å². The Labute approximate surface area is 182 Å². The first kappa shape index (κ1) is 20.5. The van der Waals surface area contributed by atoms with E-state index in [0.717, 1.165) is 21.2 Å². The van der Waals surface area contributed by atoms with Gasteiger partial charge < -0.3 is 11.1 Å². The zero-order valence-corrected chi connectivity index (χ0v) is 18.3. The molecule has 9 heteroatoms. The van der Waals surface area contributed by atoms with Gasteiger partial charge in [-0.15, -0.1) is 15.3 Å². The summed E-state index contributed by atoms with van der Waals surface area (Å²) in [5, 5.41) is 15.9. The maximum absolute atomic E-state index is 12.3. The van der Waals surface area contributed by atoms with Crippen molar-refractivity contribution in [1.29, 1.82) is 0 Å². The second kappa shape index (κ2) is 8.95. The zero-order chi connectivity index (χ0) is 21.1. The summed E-state index contributed by atoms with van der Waals surface area (Å²) < 4.78 is 2.44. The number of nitrogens with zero attached hydrogens (tertiary/aromatic N) is 4. The molecule has 7 nitrogen and oxygen atoms in total. The molecule has 0 fully saturated rings. The van der Waals surface area contributed by atoms with Gasteiger partial charge in [0.05, 0.1) is 11.8 Å². The molecule has 0 saturated carbocycles. The van der Waals surface area contributed by atoms with Crippen LogP contribution in [-0.4, -0.2) is 31.5 Å². The smallest absolute Gasteiger partial charge is 0.235 e. The van der Waals surface area contributed by atoms with Crippen LogP contribution in [0.4, 0.5) is 5.69 Å². The van der Waals surface area contributed by atoms with Crippen LogP contribution < -0.4 is 11.1 Å². The van der Waals surface area contributed by atoms with Crippen LogP contribution in [0.1, 0.15) is 28.6 Å². The van der Waals surface area contributed by atoms with Crippen LogP contribution in [0, 0.1) is 13.8 Å². The Morgan fingerprint density at radius 2 is 2.00 bits per heavy atom. The lowest BCUT2D eigenvalue weighted by atomic mass is 10.1. The molecule has 1 atom stereocenters. The molecule has 0 aliphatic rings. The molecule has 0 spiro atoms. The van der Waals surface area contributed by atoms with E-state index in [-0.39, 0.29) is 17.7 Å². The maximum atomic E-state index is 12.3. The van der Waals surface area contributed by atoms with Gasteiger partial charge >= 0.3 is 0 Å². The number of aromatic nitrogens is 4. The van der Waals surface area contributed by atoms with E-state index in [1.165, 1.54) is 28.7 Å². The van der Waals surface area contributed by atoms with Gasteiger partial charge in [0.1, 0.15) is 0 Å². The van der Waals surface area contributed by atoms with E-state index < -0.39 is 0 Å². The summed E-state index contributed by atoms with van der Waals surface area (Å²) in [7, 11) is 0. The highest BCUT2D eigenvalue weighted by Crippen LogP contribution is 2.26. The van der Waals surface area contributed by atoms with Crippen molar-refractivity contribution in [3.05, 3.63) is 71.0 Å². The van der Waals surface area contributed by atoms with Crippen molar-refractivity contribution in [2.24, 2.45) is 5.73 Å². The molecule has 2 aromatic heterocycles. The number of nitrogens with one attached hydrogen (secondary N) is 1. The predicted octanol–water partition coefficient (Wildman–Crippen LogP) is 3.78. The van der Waals surface area contributed by atoms with Gasteiger partial charge in [-0.05, 0) is 37.5 Å². The van der Waals surface area contributed by atoms with Gasteiger partial charge in [0.25, 0.3) is 0 Å². The van der Waals surface area contributed by atoms with E-state index in [0.29, 0.717) is 17.2 Å². The first-order valence-electron chi connectivity index (χ1n) is 9.51. The number of nitrogens with two attached hydrogens (primary N) is 1. The minimum atomic E-state index is -0.310. The number of benzene rings is 2. The molecule has 0 aliphatic heterocycles. The highest BCUT2D eigenvalue weighted by Gasteiger charge is 2.19. The number of carbonyl (C=O) groups is 1. The third-order valence-electron chi connectivity index (χ3n) is 4.61. The molecule has 0 radical (unpaired) electrons. The van der Waals surface area contributed by atoms with Gasteiger partial charge in [0.15, 0.2) is 10.2 Å². The average molecular weight is 439 g/mol. The minimum Gasteiger partial charge on any atom is -0.325 e. The predicted molar refractivity (Wildman–Crippen MR) is 121 cm³/mol. The third-order valence-corrected chi connectivity index (χ3v) is 6.64. The molecular weight excluding hydrogens is 416 g/mol. The first-order valence-corrected chi connectivity index (χ1v) is 11.3. The number of hydrogen-bond donors (Lipinski definition) is 2.